The summed E-state index contributed by atoms with van der Waals surface area (Å²) in [6.45, 7) is 3.49. The van der Waals surface area contributed by atoms with E-state index in [2.05, 4.69) is 15.0 Å². The second kappa shape index (κ2) is 8.71. The average Bonchev–Trinajstić information content (AvgIpc) is 3.39. The quantitative estimate of drug-likeness (QED) is 0.396. The highest BCUT2D eigenvalue weighted by Crippen LogP contribution is 2.37. The van der Waals surface area contributed by atoms with Crippen LogP contribution in [0.25, 0.3) is 21.9 Å². The number of rotatable bonds is 7. The molecule has 0 unspecified atom stereocenters. The monoisotopic (exact) mass is 465 g/mol. The average molecular weight is 466 g/mol. The first-order valence-corrected chi connectivity index (χ1v) is 11.0. The number of methoxy groups -OCH3 is 1. The molecule has 1 aliphatic heterocycles. The van der Waals surface area contributed by atoms with Crippen molar-refractivity contribution >= 4 is 27.8 Å². The van der Waals surface area contributed by atoms with Crippen molar-refractivity contribution in [1.82, 2.24) is 19.5 Å². The maximum atomic E-state index is 10.3. The molecule has 4 heterocycles. The summed E-state index contributed by atoms with van der Waals surface area (Å²) in [6.07, 6.45) is 2.60. The van der Waals surface area contributed by atoms with Gasteiger partial charge in [0.15, 0.2) is 12.0 Å². The van der Waals surface area contributed by atoms with Crippen molar-refractivity contribution in [2.75, 3.05) is 19.5 Å². The van der Waals surface area contributed by atoms with Gasteiger partial charge in [0, 0.05) is 24.1 Å². The number of fused-ring (bicyclic) bond motifs is 2. The number of benzene rings is 1. The van der Waals surface area contributed by atoms with Crippen LogP contribution in [0.2, 0.25) is 0 Å². The summed E-state index contributed by atoms with van der Waals surface area (Å²) in [7, 11) is 1.56. The molecule has 3 atom stereocenters. The van der Waals surface area contributed by atoms with Crippen molar-refractivity contribution in [2.45, 2.75) is 44.5 Å². The minimum absolute atomic E-state index is 0.275. The van der Waals surface area contributed by atoms with E-state index in [9.17, 15) is 5.11 Å². The third-order valence-electron chi connectivity index (χ3n) is 5.65. The third-order valence-corrected chi connectivity index (χ3v) is 5.65. The molecule has 1 saturated heterocycles. The molecule has 0 aliphatic carbocycles. The van der Waals surface area contributed by atoms with Crippen LogP contribution in [0.15, 0.2) is 48.9 Å². The van der Waals surface area contributed by atoms with Crippen LogP contribution in [0.5, 0.6) is 11.6 Å². The van der Waals surface area contributed by atoms with E-state index in [0.717, 1.165) is 16.3 Å². The summed E-state index contributed by atoms with van der Waals surface area (Å²) >= 11 is 0. The number of nitrogen functional groups attached to an aromatic ring is 1. The Morgan fingerprint density at radius 2 is 2.03 bits per heavy atom. The molecule has 178 valence electrons. The van der Waals surface area contributed by atoms with E-state index >= 15 is 0 Å². The smallest absolute Gasteiger partial charge is 0.225 e. The van der Waals surface area contributed by atoms with Crippen molar-refractivity contribution in [3.8, 4) is 11.6 Å². The molecule has 3 N–H and O–H groups in total. The molecule has 0 saturated carbocycles. The molecule has 4 aromatic rings. The van der Waals surface area contributed by atoms with Crippen LogP contribution >= 0.6 is 0 Å². The highest BCUT2D eigenvalue weighted by atomic mass is 16.7. The number of pyridine rings is 1. The Hall–Kier alpha value is -3.47. The van der Waals surface area contributed by atoms with E-state index in [4.69, 9.17) is 24.7 Å². The van der Waals surface area contributed by atoms with Gasteiger partial charge in [-0.05, 0) is 44.2 Å². The number of hydrogen-bond donors (Lipinski definition) is 2. The van der Waals surface area contributed by atoms with Crippen LogP contribution in [-0.4, -0.2) is 56.3 Å². The molecule has 1 fully saturated rings. The number of nitrogens with zero attached hydrogens (tertiary/aromatic N) is 4. The van der Waals surface area contributed by atoms with E-state index in [1.807, 2.05) is 41.1 Å². The zero-order chi connectivity index (χ0) is 23.9. The molecule has 10 heteroatoms. The minimum atomic E-state index is -1.33. The van der Waals surface area contributed by atoms with Crippen molar-refractivity contribution in [3.05, 3.63) is 48.9 Å². The van der Waals surface area contributed by atoms with Gasteiger partial charge in [-0.15, -0.1) is 0 Å². The van der Waals surface area contributed by atoms with Gasteiger partial charge >= 0.3 is 0 Å². The summed E-state index contributed by atoms with van der Waals surface area (Å²) in [5, 5.41) is 12.1. The van der Waals surface area contributed by atoms with Crippen LogP contribution in [0, 0.1) is 0 Å². The normalized spacial score (nSPS) is 20.8. The summed E-state index contributed by atoms with van der Waals surface area (Å²) in [6, 6.07) is 11.2. The van der Waals surface area contributed by atoms with Gasteiger partial charge in [0.1, 0.15) is 36.3 Å². The first-order chi connectivity index (χ1) is 16.3. The van der Waals surface area contributed by atoms with E-state index < -0.39 is 18.1 Å². The lowest BCUT2D eigenvalue weighted by Crippen LogP contribution is -2.33. The third kappa shape index (κ3) is 4.47. The van der Waals surface area contributed by atoms with Gasteiger partial charge in [-0.25, -0.2) is 15.0 Å². The Kier molecular flexibility index (Phi) is 5.72. The number of aliphatic hydroxyl groups is 1. The van der Waals surface area contributed by atoms with Gasteiger partial charge in [-0.3, -0.25) is 0 Å². The summed E-state index contributed by atoms with van der Waals surface area (Å²) < 4.78 is 25.5. The molecule has 0 radical (unpaired) electrons. The Bertz CT molecular complexity index is 1320. The molecule has 5 rings (SSSR count). The fourth-order valence-corrected chi connectivity index (χ4v) is 4.25. The number of ether oxygens (including phenoxy) is 4. The summed E-state index contributed by atoms with van der Waals surface area (Å²) in [5.74, 6) is 0.271. The van der Waals surface area contributed by atoms with E-state index in [1.165, 1.54) is 6.33 Å². The topological polar surface area (TPSA) is 127 Å². The molecule has 10 nitrogen and oxygen atoms in total. The highest BCUT2D eigenvalue weighted by Gasteiger charge is 2.41. The molecule has 1 aliphatic rings. The lowest BCUT2D eigenvalue weighted by atomic mass is 10.2. The van der Waals surface area contributed by atoms with Gasteiger partial charge in [0.25, 0.3) is 0 Å². The number of anilines is 1. The molecule has 34 heavy (non-hydrogen) atoms. The van der Waals surface area contributed by atoms with Crippen molar-refractivity contribution in [2.24, 2.45) is 0 Å². The van der Waals surface area contributed by atoms with Crippen LogP contribution in [0.3, 0.4) is 0 Å². The lowest BCUT2D eigenvalue weighted by Gasteiger charge is -2.27. The van der Waals surface area contributed by atoms with Crippen LogP contribution in [0.4, 0.5) is 5.82 Å². The molecule has 0 amide bonds. The Morgan fingerprint density at radius 3 is 2.82 bits per heavy atom. The van der Waals surface area contributed by atoms with Crippen molar-refractivity contribution in [1.29, 1.82) is 0 Å². The van der Waals surface area contributed by atoms with E-state index in [-0.39, 0.29) is 6.10 Å². The number of hydrogen-bond acceptors (Lipinski definition) is 9. The first kappa shape index (κ1) is 22.3. The fraction of sp³-hybridized carbons (Fsp3) is 0.375. The molecule has 3 aromatic heterocycles. The van der Waals surface area contributed by atoms with Crippen LogP contribution < -0.4 is 15.2 Å². The molecule has 0 bridgehead atoms. The van der Waals surface area contributed by atoms with Crippen LogP contribution in [-0.2, 0) is 9.47 Å². The van der Waals surface area contributed by atoms with E-state index in [0.29, 0.717) is 36.1 Å². The molecular formula is C24H27N5O5. The standard InChI is InChI=1S/C24H27N5O5/c1-24(2,30)34-19-11-16(12-32-15-6-4-14-5-7-20(25)28-18(14)10-15)33-23(19)29-9-8-17-21(29)26-13-27-22(17)31-3/h4-10,13,16,19,23,30H,11-12H2,1-3H3,(H2,25,28)/t16-,19+,23+/m0/s1. The Morgan fingerprint density at radius 1 is 1.21 bits per heavy atom. The summed E-state index contributed by atoms with van der Waals surface area (Å²) in [4.78, 5) is 12.9. The maximum absolute atomic E-state index is 10.3. The predicted octanol–water partition coefficient (Wildman–Crippen LogP) is 3.05. The van der Waals surface area contributed by atoms with E-state index in [1.54, 1.807) is 27.0 Å². The minimum Gasteiger partial charge on any atom is -0.491 e. The Labute approximate surface area is 196 Å². The van der Waals surface area contributed by atoms with Gasteiger partial charge < -0.3 is 34.4 Å². The van der Waals surface area contributed by atoms with Crippen molar-refractivity contribution in [3.63, 3.8) is 0 Å². The van der Waals surface area contributed by atoms with Gasteiger partial charge in [0.2, 0.25) is 5.88 Å². The van der Waals surface area contributed by atoms with Gasteiger partial charge in [0.05, 0.1) is 24.1 Å². The SMILES string of the molecule is COc1ncnc2c1ccn2[C@@H]1O[C@H](COc2ccc3ccc(N)nc3c2)C[C@H]1OC(C)(C)O. The molecular weight excluding hydrogens is 438 g/mol. The second-order valence-electron chi connectivity index (χ2n) is 8.73. The van der Waals surface area contributed by atoms with Gasteiger partial charge in [-0.1, -0.05) is 0 Å². The maximum Gasteiger partial charge on any atom is 0.225 e. The second-order valence-corrected chi connectivity index (χ2v) is 8.73. The van der Waals surface area contributed by atoms with Gasteiger partial charge in [-0.2, -0.15) is 0 Å². The van der Waals surface area contributed by atoms with Crippen molar-refractivity contribution < 1.29 is 24.1 Å². The largest absolute Gasteiger partial charge is 0.491 e. The lowest BCUT2D eigenvalue weighted by molar-refractivity contribution is -0.222. The zero-order valence-electron chi connectivity index (χ0n) is 19.2. The number of nitrogens with two attached hydrogens (primary N) is 1. The molecule has 0 spiro atoms. The molecule has 1 aromatic carbocycles. The van der Waals surface area contributed by atoms with Crippen LogP contribution in [0.1, 0.15) is 26.5 Å². The zero-order valence-corrected chi connectivity index (χ0v) is 19.2. The highest BCUT2D eigenvalue weighted by molar-refractivity contribution is 5.82. The fourth-order valence-electron chi connectivity index (χ4n) is 4.25. The predicted molar refractivity (Wildman–Crippen MR) is 125 cm³/mol. The Balaban J connectivity index is 1.37. The summed E-state index contributed by atoms with van der Waals surface area (Å²) in [5.41, 5.74) is 7.22. The number of aromatic nitrogens is 4. The first-order valence-electron chi connectivity index (χ1n) is 11.0.